The van der Waals surface area contributed by atoms with E-state index in [-0.39, 0.29) is 17.6 Å². The number of aromatic hydroxyl groups is 1. The molecule has 0 aromatic heterocycles. The van der Waals surface area contributed by atoms with Gasteiger partial charge in [0.05, 0.1) is 6.42 Å². The summed E-state index contributed by atoms with van der Waals surface area (Å²) < 4.78 is 0. The Labute approximate surface area is 108 Å². The standard InChI is InChI=1S/C15H22O3/c1-14(2,3)10-7-6-8-11(13(10)18)15(4,5)9-12(16)17/h6-8,18H,9H2,1-5H3,(H,16,17). The van der Waals surface area contributed by atoms with Gasteiger partial charge in [-0.25, -0.2) is 0 Å². The average Bonchev–Trinajstić information content (AvgIpc) is 2.13. The lowest BCUT2D eigenvalue weighted by molar-refractivity contribution is -0.138. The fraction of sp³-hybridized carbons (Fsp3) is 0.533. The molecule has 0 radical (unpaired) electrons. The molecule has 0 bridgehead atoms. The highest BCUT2D eigenvalue weighted by Crippen LogP contribution is 2.39. The summed E-state index contributed by atoms with van der Waals surface area (Å²) in [5.74, 6) is -0.642. The van der Waals surface area contributed by atoms with E-state index >= 15 is 0 Å². The second-order valence-electron chi connectivity index (χ2n) is 6.41. The maximum absolute atomic E-state index is 10.9. The minimum Gasteiger partial charge on any atom is -0.507 e. The quantitative estimate of drug-likeness (QED) is 0.864. The van der Waals surface area contributed by atoms with E-state index in [1.54, 1.807) is 6.07 Å². The van der Waals surface area contributed by atoms with Crippen LogP contribution in [-0.4, -0.2) is 16.2 Å². The summed E-state index contributed by atoms with van der Waals surface area (Å²) in [5.41, 5.74) is 0.784. The summed E-state index contributed by atoms with van der Waals surface area (Å²) in [5, 5.41) is 19.3. The van der Waals surface area contributed by atoms with Gasteiger partial charge >= 0.3 is 5.97 Å². The Hall–Kier alpha value is -1.51. The molecule has 1 aromatic carbocycles. The van der Waals surface area contributed by atoms with E-state index < -0.39 is 11.4 Å². The SMILES string of the molecule is CC(C)(C)c1cccc(C(C)(C)CC(=O)O)c1O. The number of phenolic OH excluding ortho intramolecular Hbond substituents is 1. The molecule has 0 unspecified atom stereocenters. The zero-order valence-electron chi connectivity index (χ0n) is 11.7. The Morgan fingerprint density at radius 3 is 2.06 bits per heavy atom. The van der Waals surface area contributed by atoms with Crippen LogP contribution in [0.1, 0.15) is 52.2 Å². The summed E-state index contributed by atoms with van der Waals surface area (Å²) in [7, 11) is 0. The van der Waals surface area contributed by atoms with E-state index in [0.29, 0.717) is 5.56 Å². The van der Waals surface area contributed by atoms with Crippen molar-refractivity contribution in [1.82, 2.24) is 0 Å². The van der Waals surface area contributed by atoms with E-state index in [2.05, 4.69) is 0 Å². The molecule has 0 aliphatic heterocycles. The number of aliphatic carboxylic acids is 1. The van der Waals surface area contributed by atoms with Gasteiger partial charge in [-0.15, -0.1) is 0 Å². The molecule has 18 heavy (non-hydrogen) atoms. The number of hydrogen-bond donors (Lipinski definition) is 2. The molecule has 100 valence electrons. The van der Waals surface area contributed by atoms with Crippen LogP contribution in [0, 0.1) is 0 Å². The molecule has 2 N–H and O–H groups in total. The number of carbonyl (C=O) groups is 1. The van der Waals surface area contributed by atoms with Crippen LogP contribution in [0.25, 0.3) is 0 Å². The average molecular weight is 250 g/mol. The van der Waals surface area contributed by atoms with Crippen LogP contribution in [0.4, 0.5) is 0 Å². The third-order valence-electron chi connectivity index (χ3n) is 3.17. The van der Waals surface area contributed by atoms with Gasteiger partial charge in [0.1, 0.15) is 5.75 Å². The van der Waals surface area contributed by atoms with E-state index in [1.807, 2.05) is 46.8 Å². The highest BCUT2D eigenvalue weighted by Gasteiger charge is 2.30. The molecule has 0 atom stereocenters. The van der Waals surface area contributed by atoms with Gasteiger partial charge in [0, 0.05) is 11.0 Å². The van der Waals surface area contributed by atoms with E-state index in [4.69, 9.17) is 5.11 Å². The van der Waals surface area contributed by atoms with Crippen molar-refractivity contribution in [3.63, 3.8) is 0 Å². The lowest BCUT2D eigenvalue weighted by Crippen LogP contribution is -2.23. The van der Waals surface area contributed by atoms with Gasteiger partial charge in [-0.05, 0) is 11.0 Å². The van der Waals surface area contributed by atoms with Crippen molar-refractivity contribution in [1.29, 1.82) is 0 Å². The molecule has 0 amide bonds. The van der Waals surface area contributed by atoms with Gasteiger partial charge in [-0.1, -0.05) is 52.8 Å². The maximum atomic E-state index is 10.9. The zero-order chi connectivity index (χ0) is 14.1. The molecule has 0 aliphatic rings. The first kappa shape index (κ1) is 14.6. The van der Waals surface area contributed by atoms with Crippen LogP contribution < -0.4 is 0 Å². The highest BCUT2D eigenvalue weighted by molar-refractivity contribution is 5.69. The smallest absolute Gasteiger partial charge is 0.304 e. The Morgan fingerprint density at radius 1 is 1.11 bits per heavy atom. The Morgan fingerprint density at radius 2 is 1.61 bits per heavy atom. The zero-order valence-corrected chi connectivity index (χ0v) is 11.7. The molecule has 3 nitrogen and oxygen atoms in total. The summed E-state index contributed by atoms with van der Waals surface area (Å²) in [6.45, 7) is 9.74. The van der Waals surface area contributed by atoms with Gasteiger partial charge in [0.2, 0.25) is 0 Å². The molecule has 1 aromatic rings. The van der Waals surface area contributed by atoms with Crippen LogP contribution in [-0.2, 0) is 15.6 Å². The Balaban J connectivity index is 3.31. The van der Waals surface area contributed by atoms with Crippen molar-refractivity contribution in [3.05, 3.63) is 29.3 Å². The highest BCUT2D eigenvalue weighted by atomic mass is 16.4. The van der Waals surface area contributed by atoms with Crippen molar-refractivity contribution in [3.8, 4) is 5.75 Å². The molecule has 0 fully saturated rings. The first-order chi connectivity index (χ1) is 8.05. The van der Waals surface area contributed by atoms with Crippen LogP contribution in [0.15, 0.2) is 18.2 Å². The van der Waals surface area contributed by atoms with Gasteiger partial charge in [-0.3, -0.25) is 4.79 Å². The van der Waals surface area contributed by atoms with Gasteiger partial charge in [-0.2, -0.15) is 0 Å². The lowest BCUT2D eigenvalue weighted by Gasteiger charge is -2.28. The van der Waals surface area contributed by atoms with Crippen LogP contribution in [0.5, 0.6) is 5.75 Å². The van der Waals surface area contributed by atoms with Gasteiger partial charge in [0.15, 0.2) is 0 Å². The predicted octanol–water partition coefficient (Wildman–Crippen LogP) is 3.44. The molecule has 1 rings (SSSR count). The first-order valence-electron chi connectivity index (χ1n) is 6.10. The molecule has 3 heteroatoms. The normalized spacial score (nSPS) is 12.5. The van der Waals surface area contributed by atoms with Crippen molar-refractivity contribution in [2.24, 2.45) is 0 Å². The van der Waals surface area contributed by atoms with Gasteiger partial charge < -0.3 is 10.2 Å². The number of hydrogen-bond acceptors (Lipinski definition) is 2. The molecule has 0 spiro atoms. The van der Waals surface area contributed by atoms with E-state index in [1.165, 1.54) is 0 Å². The molecular weight excluding hydrogens is 228 g/mol. The number of carboxylic acid groups (broad SMARTS) is 1. The predicted molar refractivity (Wildman–Crippen MR) is 72.1 cm³/mol. The molecule has 0 saturated carbocycles. The van der Waals surface area contributed by atoms with Crippen LogP contribution in [0.2, 0.25) is 0 Å². The van der Waals surface area contributed by atoms with Crippen LogP contribution >= 0.6 is 0 Å². The summed E-state index contributed by atoms with van der Waals surface area (Å²) in [6.07, 6.45) is -0.00580. The molecule has 0 heterocycles. The Kier molecular flexibility index (Phi) is 3.75. The molecule has 0 aliphatic carbocycles. The minimum absolute atomic E-state index is 0.00580. The minimum atomic E-state index is -0.861. The second-order valence-corrected chi connectivity index (χ2v) is 6.41. The van der Waals surface area contributed by atoms with E-state index in [0.717, 1.165) is 5.56 Å². The Bertz CT molecular complexity index is 453. The number of phenols is 1. The van der Waals surface area contributed by atoms with Crippen molar-refractivity contribution < 1.29 is 15.0 Å². The summed E-state index contributed by atoms with van der Waals surface area (Å²) in [4.78, 5) is 10.9. The largest absolute Gasteiger partial charge is 0.507 e. The lowest BCUT2D eigenvalue weighted by atomic mass is 9.77. The number of rotatable bonds is 3. The fourth-order valence-electron chi connectivity index (χ4n) is 2.17. The summed E-state index contributed by atoms with van der Waals surface area (Å²) >= 11 is 0. The molecule has 0 saturated heterocycles. The molecular formula is C15H22O3. The third-order valence-corrected chi connectivity index (χ3v) is 3.17. The first-order valence-corrected chi connectivity index (χ1v) is 6.10. The van der Waals surface area contributed by atoms with Crippen molar-refractivity contribution in [2.75, 3.05) is 0 Å². The van der Waals surface area contributed by atoms with Crippen molar-refractivity contribution in [2.45, 2.75) is 51.9 Å². The maximum Gasteiger partial charge on any atom is 0.304 e. The van der Waals surface area contributed by atoms with Gasteiger partial charge in [0.25, 0.3) is 0 Å². The fourth-order valence-corrected chi connectivity index (χ4v) is 2.17. The monoisotopic (exact) mass is 250 g/mol. The second kappa shape index (κ2) is 4.63. The topological polar surface area (TPSA) is 57.5 Å². The van der Waals surface area contributed by atoms with Crippen LogP contribution in [0.3, 0.4) is 0 Å². The third kappa shape index (κ3) is 3.03. The number of carboxylic acids is 1. The van der Waals surface area contributed by atoms with Crippen molar-refractivity contribution >= 4 is 5.97 Å². The number of para-hydroxylation sites is 1. The summed E-state index contributed by atoms with van der Waals surface area (Å²) in [6, 6.07) is 5.56. The van der Waals surface area contributed by atoms with E-state index in [9.17, 15) is 9.90 Å². The number of benzene rings is 1.